The lowest BCUT2D eigenvalue weighted by Crippen LogP contribution is -2.43. The van der Waals surface area contributed by atoms with E-state index in [4.69, 9.17) is 9.47 Å². The molecule has 4 heteroatoms. The highest BCUT2D eigenvalue weighted by atomic mass is 16.7. The topological polar surface area (TPSA) is 47.6 Å². The van der Waals surface area contributed by atoms with Gasteiger partial charge in [0.2, 0.25) is 5.91 Å². The summed E-state index contributed by atoms with van der Waals surface area (Å²) in [5, 5.41) is 3.13. The molecule has 1 aliphatic heterocycles. The monoisotopic (exact) mass is 255 g/mol. The molecule has 0 aromatic rings. The molecule has 0 unspecified atom stereocenters. The number of amides is 1. The maximum atomic E-state index is 11.7. The number of unbranched alkanes of at least 4 members (excludes halogenated alkanes) is 2. The minimum absolute atomic E-state index is 0.206. The standard InChI is InChI=1S/C14H25NO3/c1-2-3-4-5-13(16)15-12-6-8-14(9-7-12)17-10-11-18-14/h12H,2-11H2,1H3,(H,15,16). The molecular formula is C14H25NO3. The third kappa shape index (κ3) is 3.69. The van der Waals surface area contributed by atoms with Crippen molar-refractivity contribution in [3.63, 3.8) is 0 Å². The average molecular weight is 255 g/mol. The first kappa shape index (κ1) is 13.8. The summed E-state index contributed by atoms with van der Waals surface area (Å²) in [5.41, 5.74) is 0. The van der Waals surface area contributed by atoms with Gasteiger partial charge in [-0.2, -0.15) is 0 Å². The summed E-state index contributed by atoms with van der Waals surface area (Å²) in [7, 11) is 0. The Morgan fingerprint density at radius 3 is 2.50 bits per heavy atom. The van der Waals surface area contributed by atoms with Gasteiger partial charge in [-0.15, -0.1) is 0 Å². The second kappa shape index (κ2) is 6.53. The van der Waals surface area contributed by atoms with Crippen molar-refractivity contribution >= 4 is 5.91 Å². The van der Waals surface area contributed by atoms with Crippen molar-refractivity contribution in [3.05, 3.63) is 0 Å². The molecule has 0 aromatic carbocycles. The lowest BCUT2D eigenvalue weighted by molar-refractivity contribution is -0.180. The van der Waals surface area contributed by atoms with Crippen LogP contribution >= 0.6 is 0 Å². The lowest BCUT2D eigenvalue weighted by atomic mass is 9.90. The number of hydrogen-bond donors (Lipinski definition) is 1. The van der Waals surface area contributed by atoms with Crippen LogP contribution in [0.3, 0.4) is 0 Å². The van der Waals surface area contributed by atoms with Gasteiger partial charge in [0, 0.05) is 25.3 Å². The van der Waals surface area contributed by atoms with Crippen molar-refractivity contribution in [1.82, 2.24) is 5.32 Å². The molecule has 2 aliphatic rings. The van der Waals surface area contributed by atoms with Crippen molar-refractivity contribution in [2.24, 2.45) is 0 Å². The largest absolute Gasteiger partial charge is 0.353 e. The Kier molecular flexibility index (Phi) is 5.01. The zero-order valence-corrected chi connectivity index (χ0v) is 11.4. The normalized spacial score (nSPS) is 23.4. The molecule has 2 fully saturated rings. The SMILES string of the molecule is CCCCCC(=O)NC1CCC2(CC1)OCCO2. The summed E-state index contributed by atoms with van der Waals surface area (Å²) in [5.74, 6) is -0.110. The quantitative estimate of drug-likeness (QED) is 0.767. The Bertz CT molecular complexity index is 264. The molecule has 2 rings (SSSR count). The molecule has 0 bridgehead atoms. The molecule has 104 valence electrons. The van der Waals surface area contributed by atoms with E-state index in [1.54, 1.807) is 0 Å². The van der Waals surface area contributed by atoms with Crippen LogP contribution in [0.25, 0.3) is 0 Å². The first-order valence-corrected chi connectivity index (χ1v) is 7.31. The predicted molar refractivity (Wildman–Crippen MR) is 69.2 cm³/mol. The second-order valence-corrected chi connectivity index (χ2v) is 5.41. The fourth-order valence-corrected chi connectivity index (χ4v) is 2.82. The van der Waals surface area contributed by atoms with Gasteiger partial charge in [0.05, 0.1) is 13.2 Å². The molecule has 1 saturated heterocycles. The van der Waals surface area contributed by atoms with Gasteiger partial charge >= 0.3 is 0 Å². The molecule has 0 atom stereocenters. The van der Waals surface area contributed by atoms with Crippen LogP contribution in [0.5, 0.6) is 0 Å². The highest BCUT2D eigenvalue weighted by molar-refractivity contribution is 5.76. The maximum absolute atomic E-state index is 11.7. The van der Waals surface area contributed by atoms with Gasteiger partial charge in [-0.1, -0.05) is 19.8 Å². The third-order valence-electron chi connectivity index (χ3n) is 3.93. The summed E-state index contributed by atoms with van der Waals surface area (Å²) in [6.45, 7) is 3.59. The van der Waals surface area contributed by atoms with E-state index in [9.17, 15) is 4.79 Å². The van der Waals surface area contributed by atoms with Crippen LogP contribution in [0.2, 0.25) is 0 Å². The Hall–Kier alpha value is -0.610. The van der Waals surface area contributed by atoms with Gasteiger partial charge in [-0.05, 0) is 19.3 Å². The van der Waals surface area contributed by atoms with E-state index in [-0.39, 0.29) is 11.7 Å². The summed E-state index contributed by atoms with van der Waals surface area (Å²) in [6.07, 6.45) is 7.74. The number of hydrogen-bond acceptors (Lipinski definition) is 3. The number of carbonyl (C=O) groups is 1. The van der Waals surface area contributed by atoms with Gasteiger partial charge in [-0.25, -0.2) is 0 Å². The second-order valence-electron chi connectivity index (χ2n) is 5.41. The summed E-state index contributed by atoms with van der Waals surface area (Å²) >= 11 is 0. The molecule has 1 amide bonds. The van der Waals surface area contributed by atoms with Crippen molar-refractivity contribution < 1.29 is 14.3 Å². The van der Waals surface area contributed by atoms with E-state index in [1.807, 2.05) is 0 Å². The number of carbonyl (C=O) groups excluding carboxylic acids is 1. The van der Waals surface area contributed by atoms with Crippen molar-refractivity contribution in [2.75, 3.05) is 13.2 Å². The van der Waals surface area contributed by atoms with Crippen molar-refractivity contribution in [3.8, 4) is 0 Å². The molecule has 1 spiro atoms. The highest BCUT2D eigenvalue weighted by Gasteiger charge is 2.40. The minimum atomic E-state index is -0.316. The molecule has 1 heterocycles. The molecule has 1 saturated carbocycles. The van der Waals surface area contributed by atoms with Gasteiger partial charge < -0.3 is 14.8 Å². The first-order valence-electron chi connectivity index (χ1n) is 7.31. The van der Waals surface area contributed by atoms with Crippen LogP contribution in [0.15, 0.2) is 0 Å². The summed E-state index contributed by atoms with van der Waals surface area (Å²) in [6, 6.07) is 0.317. The van der Waals surface area contributed by atoms with Crippen LogP contribution < -0.4 is 5.32 Å². The Labute approximate surface area is 109 Å². The first-order chi connectivity index (χ1) is 8.74. The molecular weight excluding hydrogens is 230 g/mol. The Morgan fingerprint density at radius 2 is 1.89 bits per heavy atom. The van der Waals surface area contributed by atoms with Gasteiger partial charge in [0.1, 0.15) is 0 Å². The summed E-state index contributed by atoms with van der Waals surface area (Å²) in [4.78, 5) is 11.7. The van der Waals surface area contributed by atoms with E-state index in [2.05, 4.69) is 12.2 Å². The number of ether oxygens (including phenoxy) is 2. The molecule has 1 aliphatic carbocycles. The lowest BCUT2D eigenvalue weighted by Gasteiger charge is -2.35. The van der Waals surface area contributed by atoms with Crippen LogP contribution in [0.1, 0.15) is 58.3 Å². The van der Waals surface area contributed by atoms with Crippen LogP contribution in [0, 0.1) is 0 Å². The van der Waals surface area contributed by atoms with E-state index in [0.717, 1.165) is 44.9 Å². The molecule has 0 radical (unpaired) electrons. The minimum Gasteiger partial charge on any atom is -0.353 e. The number of nitrogens with one attached hydrogen (secondary N) is 1. The van der Waals surface area contributed by atoms with Gasteiger partial charge in [0.15, 0.2) is 5.79 Å². The molecule has 1 N–H and O–H groups in total. The third-order valence-corrected chi connectivity index (χ3v) is 3.93. The number of rotatable bonds is 5. The van der Waals surface area contributed by atoms with Crippen LogP contribution in [-0.4, -0.2) is 30.9 Å². The fourth-order valence-electron chi connectivity index (χ4n) is 2.82. The van der Waals surface area contributed by atoms with E-state index < -0.39 is 0 Å². The smallest absolute Gasteiger partial charge is 0.220 e. The Balaban J connectivity index is 1.65. The Morgan fingerprint density at radius 1 is 1.22 bits per heavy atom. The van der Waals surface area contributed by atoms with E-state index in [0.29, 0.717) is 25.7 Å². The van der Waals surface area contributed by atoms with Gasteiger partial charge in [0.25, 0.3) is 0 Å². The fraction of sp³-hybridized carbons (Fsp3) is 0.929. The van der Waals surface area contributed by atoms with Gasteiger partial charge in [-0.3, -0.25) is 4.79 Å². The predicted octanol–water partition coefficient (Wildman–Crippen LogP) is 2.37. The zero-order valence-electron chi connectivity index (χ0n) is 11.4. The molecule has 18 heavy (non-hydrogen) atoms. The van der Waals surface area contributed by atoms with Crippen LogP contribution in [-0.2, 0) is 14.3 Å². The van der Waals surface area contributed by atoms with Crippen LogP contribution in [0.4, 0.5) is 0 Å². The highest BCUT2D eigenvalue weighted by Crippen LogP contribution is 2.35. The summed E-state index contributed by atoms with van der Waals surface area (Å²) < 4.78 is 11.4. The van der Waals surface area contributed by atoms with Crippen molar-refractivity contribution in [2.45, 2.75) is 70.1 Å². The van der Waals surface area contributed by atoms with Crippen molar-refractivity contribution in [1.29, 1.82) is 0 Å². The van der Waals surface area contributed by atoms with E-state index in [1.165, 1.54) is 0 Å². The van der Waals surface area contributed by atoms with E-state index >= 15 is 0 Å². The zero-order chi connectivity index (χ0) is 12.8. The molecule has 4 nitrogen and oxygen atoms in total. The maximum Gasteiger partial charge on any atom is 0.220 e. The average Bonchev–Trinajstić information content (AvgIpc) is 2.81. The molecule has 0 aromatic heterocycles.